The molecule has 1 unspecified atom stereocenters. The number of carbonyl (C=O) groups is 1. The standard InChI is InChI=1S/C21H25F3N4O/c1-15(17-9-5-4-6-10-17)27-20(26-14-19(29)28(2)3)25-13-16-8-7-11-18(12-16)21(22,23)24/h4-12,15H,13-14H2,1-3H3,(H2,25,26,27). The smallest absolute Gasteiger partial charge is 0.350 e. The van der Waals surface area contributed by atoms with Crippen molar-refractivity contribution in [2.45, 2.75) is 25.7 Å². The molecule has 29 heavy (non-hydrogen) atoms. The topological polar surface area (TPSA) is 56.7 Å². The Balaban J connectivity index is 2.16. The van der Waals surface area contributed by atoms with E-state index in [4.69, 9.17) is 0 Å². The van der Waals surface area contributed by atoms with Gasteiger partial charge in [0.2, 0.25) is 5.91 Å². The number of hydrogen-bond donors (Lipinski definition) is 2. The number of carbonyl (C=O) groups excluding carboxylic acids is 1. The molecule has 0 saturated heterocycles. The van der Waals surface area contributed by atoms with Crippen LogP contribution in [0.25, 0.3) is 0 Å². The summed E-state index contributed by atoms with van der Waals surface area (Å²) >= 11 is 0. The van der Waals surface area contributed by atoms with E-state index >= 15 is 0 Å². The second-order valence-corrected chi connectivity index (χ2v) is 6.78. The molecule has 2 N–H and O–H groups in total. The molecule has 1 amide bonds. The van der Waals surface area contributed by atoms with Gasteiger partial charge >= 0.3 is 6.18 Å². The highest BCUT2D eigenvalue weighted by molar-refractivity contribution is 5.86. The van der Waals surface area contributed by atoms with Gasteiger partial charge in [-0.15, -0.1) is 0 Å². The third-order valence-electron chi connectivity index (χ3n) is 4.23. The molecule has 0 bridgehead atoms. The molecule has 0 aliphatic rings. The van der Waals surface area contributed by atoms with Crippen molar-refractivity contribution in [2.24, 2.45) is 4.99 Å². The summed E-state index contributed by atoms with van der Waals surface area (Å²) in [7, 11) is 3.28. The molecular weight excluding hydrogens is 381 g/mol. The number of benzene rings is 2. The summed E-state index contributed by atoms with van der Waals surface area (Å²) in [6.45, 7) is 1.99. The zero-order valence-corrected chi connectivity index (χ0v) is 16.6. The van der Waals surface area contributed by atoms with E-state index in [9.17, 15) is 18.0 Å². The maximum Gasteiger partial charge on any atom is 0.416 e. The van der Waals surface area contributed by atoms with Crippen LogP contribution in [0.3, 0.4) is 0 Å². The first-order valence-electron chi connectivity index (χ1n) is 9.13. The van der Waals surface area contributed by atoms with Crippen molar-refractivity contribution in [3.05, 3.63) is 71.3 Å². The number of likely N-dealkylation sites (N-methyl/N-ethyl adjacent to an activating group) is 1. The van der Waals surface area contributed by atoms with Gasteiger partial charge in [-0.2, -0.15) is 13.2 Å². The normalized spacial score (nSPS) is 13.0. The van der Waals surface area contributed by atoms with Crippen LogP contribution in [-0.2, 0) is 17.5 Å². The average Bonchev–Trinajstić information content (AvgIpc) is 2.69. The lowest BCUT2D eigenvalue weighted by atomic mass is 10.1. The van der Waals surface area contributed by atoms with Crippen molar-refractivity contribution in [1.82, 2.24) is 15.5 Å². The average molecular weight is 406 g/mol. The van der Waals surface area contributed by atoms with Crippen LogP contribution in [0.2, 0.25) is 0 Å². The largest absolute Gasteiger partial charge is 0.416 e. The highest BCUT2D eigenvalue weighted by Crippen LogP contribution is 2.29. The molecule has 0 aliphatic carbocycles. The van der Waals surface area contributed by atoms with Crippen molar-refractivity contribution in [3.63, 3.8) is 0 Å². The van der Waals surface area contributed by atoms with Gasteiger partial charge in [-0.1, -0.05) is 42.5 Å². The summed E-state index contributed by atoms with van der Waals surface area (Å²) in [5.41, 5.74) is 0.723. The first kappa shape index (κ1) is 22.3. The number of nitrogens with one attached hydrogen (secondary N) is 2. The van der Waals surface area contributed by atoms with Gasteiger partial charge in [0.05, 0.1) is 24.7 Å². The molecule has 2 rings (SSSR count). The molecule has 8 heteroatoms. The third kappa shape index (κ3) is 7.14. The van der Waals surface area contributed by atoms with E-state index in [-0.39, 0.29) is 25.0 Å². The van der Waals surface area contributed by atoms with Gasteiger partial charge < -0.3 is 15.5 Å². The summed E-state index contributed by atoms with van der Waals surface area (Å²) < 4.78 is 38.7. The lowest BCUT2D eigenvalue weighted by Crippen LogP contribution is -2.43. The zero-order chi connectivity index (χ0) is 21.4. The minimum atomic E-state index is -4.40. The monoisotopic (exact) mass is 406 g/mol. The summed E-state index contributed by atoms with van der Waals surface area (Å²) in [6.07, 6.45) is -4.40. The van der Waals surface area contributed by atoms with Crippen molar-refractivity contribution in [3.8, 4) is 0 Å². The highest BCUT2D eigenvalue weighted by Gasteiger charge is 2.30. The number of halogens is 3. The van der Waals surface area contributed by atoms with E-state index in [1.54, 1.807) is 20.2 Å². The molecular formula is C21H25F3N4O. The molecule has 1 atom stereocenters. The lowest BCUT2D eigenvalue weighted by molar-refractivity contribution is -0.137. The molecule has 0 radical (unpaired) electrons. The molecule has 0 aromatic heterocycles. The van der Waals surface area contributed by atoms with E-state index in [0.29, 0.717) is 11.5 Å². The molecule has 0 aliphatic heterocycles. The number of alkyl halides is 3. The van der Waals surface area contributed by atoms with Crippen LogP contribution in [-0.4, -0.2) is 37.4 Å². The molecule has 0 saturated carbocycles. The quantitative estimate of drug-likeness (QED) is 0.570. The zero-order valence-electron chi connectivity index (χ0n) is 16.6. The third-order valence-corrected chi connectivity index (χ3v) is 4.23. The van der Waals surface area contributed by atoms with Gasteiger partial charge in [-0.25, -0.2) is 4.99 Å². The number of nitrogens with zero attached hydrogens (tertiary/aromatic N) is 2. The predicted molar refractivity (Wildman–Crippen MR) is 107 cm³/mol. The minimum Gasteiger partial charge on any atom is -0.350 e. The van der Waals surface area contributed by atoms with Crippen LogP contribution in [0.15, 0.2) is 59.6 Å². The van der Waals surface area contributed by atoms with Crippen molar-refractivity contribution in [1.29, 1.82) is 0 Å². The Morgan fingerprint density at radius 1 is 1.10 bits per heavy atom. The molecule has 5 nitrogen and oxygen atoms in total. The number of rotatable bonds is 6. The summed E-state index contributed by atoms with van der Waals surface area (Å²) in [5, 5.41) is 6.13. The number of aliphatic imine (C=N–C) groups is 1. The fourth-order valence-electron chi connectivity index (χ4n) is 2.52. The second-order valence-electron chi connectivity index (χ2n) is 6.78. The Labute approximate surface area is 168 Å². The van der Waals surface area contributed by atoms with E-state index in [2.05, 4.69) is 15.6 Å². The van der Waals surface area contributed by atoms with Gasteiger partial charge in [0.15, 0.2) is 5.96 Å². The van der Waals surface area contributed by atoms with Crippen molar-refractivity contribution in [2.75, 3.05) is 20.6 Å². The summed E-state index contributed by atoms with van der Waals surface area (Å²) in [4.78, 5) is 17.7. The Hall–Kier alpha value is -3.03. The Morgan fingerprint density at radius 3 is 2.41 bits per heavy atom. The van der Waals surface area contributed by atoms with Gasteiger partial charge in [-0.05, 0) is 30.2 Å². The van der Waals surface area contributed by atoms with Gasteiger partial charge in [-0.3, -0.25) is 4.79 Å². The predicted octanol–water partition coefficient (Wildman–Crippen LogP) is 3.59. The first-order chi connectivity index (χ1) is 13.7. The van der Waals surface area contributed by atoms with Gasteiger partial charge in [0, 0.05) is 14.1 Å². The molecule has 0 spiro atoms. The Morgan fingerprint density at radius 2 is 1.79 bits per heavy atom. The molecule has 2 aromatic carbocycles. The molecule has 0 fully saturated rings. The maximum absolute atomic E-state index is 12.9. The highest BCUT2D eigenvalue weighted by atomic mass is 19.4. The molecule has 156 valence electrons. The number of guanidine groups is 1. The van der Waals surface area contributed by atoms with Crippen molar-refractivity contribution >= 4 is 11.9 Å². The fourth-order valence-corrected chi connectivity index (χ4v) is 2.52. The number of amides is 1. The van der Waals surface area contributed by atoms with E-state index in [0.717, 1.165) is 17.7 Å². The van der Waals surface area contributed by atoms with Gasteiger partial charge in [0.25, 0.3) is 0 Å². The summed E-state index contributed by atoms with van der Waals surface area (Å²) in [6, 6.07) is 14.6. The van der Waals surface area contributed by atoms with Crippen LogP contribution in [0.5, 0.6) is 0 Å². The summed E-state index contributed by atoms with van der Waals surface area (Å²) in [5.74, 6) is 0.194. The van der Waals surface area contributed by atoms with Crippen LogP contribution in [0, 0.1) is 0 Å². The van der Waals surface area contributed by atoms with Crippen LogP contribution >= 0.6 is 0 Å². The Bertz CT molecular complexity index is 835. The van der Waals surface area contributed by atoms with Crippen LogP contribution in [0.4, 0.5) is 13.2 Å². The fraction of sp³-hybridized carbons (Fsp3) is 0.333. The molecule has 0 heterocycles. The van der Waals surface area contributed by atoms with E-state index in [1.807, 2.05) is 37.3 Å². The first-order valence-corrected chi connectivity index (χ1v) is 9.13. The SMILES string of the molecule is CC(NC(=NCc1cccc(C(F)(F)F)c1)NCC(=O)N(C)C)c1ccccc1. The molecule has 2 aromatic rings. The van der Waals surface area contributed by atoms with E-state index in [1.165, 1.54) is 11.0 Å². The second kappa shape index (κ2) is 9.95. The Kier molecular flexibility index (Phi) is 7.64. The van der Waals surface area contributed by atoms with Crippen LogP contribution in [0.1, 0.15) is 29.7 Å². The minimum absolute atomic E-state index is 0.0168. The number of hydrogen-bond acceptors (Lipinski definition) is 2. The lowest BCUT2D eigenvalue weighted by Gasteiger charge is -2.19. The van der Waals surface area contributed by atoms with Gasteiger partial charge in [0.1, 0.15) is 0 Å². The van der Waals surface area contributed by atoms with Crippen molar-refractivity contribution < 1.29 is 18.0 Å². The van der Waals surface area contributed by atoms with E-state index < -0.39 is 11.7 Å². The van der Waals surface area contributed by atoms with Crippen LogP contribution < -0.4 is 10.6 Å². The maximum atomic E-state index is 12.9.